The van der Waals surface area contributed by atoms with Crippen molar-refractivity contribution in [1.82, 2.24) is 0 Å². The Kier molecular flexibility index (Phi) is 4.40. The van der Waals surface area contributed by atoms with Gasteiger partial charge in [0.25, 0.3) is 0 Å². The van der Waals surface area contributed by atoms with E-state index in [1.165, 1.54) is 12.1 Å². The largest absolute Gasteiger partial charge is 0.484 e. The summed E-state index contributed by atoms with van der Waals surface area (Å²) in [6.07, 6.45) is 3.71. The van der Waals surface area contributed by atoms with Crippen LogP contribution in [0, 0.1) is 11.7 Å². The molecule has 4 rings (SSSR count). The fourth-order valence-electron chi connectivity index (χ4n) is 2.47. The van der Waals surface area contributed by atoms with Crippen molar-refractivity contribution in [3.8, 4) is 17.2 Å². The highest BCUT2D eigenvalue weighted by atomic mass is 35.5. The summed E-state index contributed by atoms with van der Waals surface area (Å²) in [7, 11) is 0. The van der Waals surface area contributed by atoms with E-state index in [1.54, 1.807) is 36.6 Å². The highest BCUT2D eigenvalue weighted by molar-refractivity contribution is 6.32. The van der Waals surface area contributed by atoms with Gasteiger partial charge in [0.1, 0.15) is 35.9 Å². The summed E-state index contributed by atoms with van der Waals surface area (Å²) in [4.78, 5) is 0. The molecule has 2 aliphatic rings. The van der Waals surface area contributed by atoms with E-state index in [-0.39, 0.29) is 18.7 Å². The van der Waals surface area contributed by atoms with Crippen molar-refractivity contribution in [2.75, 3.05) is 6.61 Å². The first-order valence-corrected chi connectivity index (χ1v) is 8.42. The molecule has 2 aromatic carbocycles. The van der Waals surface area contributed by atoms with E-state index in [0.29, 0.717) is 33.9 Å². The molecule has 6 heteroatoms. The molecule has 0 bridgehead atoms. The second-order valence-electron chi connectivity index (χ2n) is 5.98. The van der Waals surface area contributed by atoms with Crippen LogP contribution in [0.5, 0.6) is 17.2 Å². The molecule has 0 spiro atoms. The molecule has 2 aromatic rings. The standard InChI is InChI=1S/C19H16ClFO4/c20-17-9-15(24-14-3-1-2-13(21)8-14)6-7-18(17)22-10-16-11-23-19(25-16)12-4-5-12/h1-3,6-9,11-12,19H,4-5,10H2. The first kappa shape index (κ1) is 16.1. The normalized spacial score (nSPS) is 19.0. The van der Waals surface area contributed by atoms with Crippen molar-refractivity contribution in [1.29, 1.82) is 0 Å². The minimum Gasteiger partial charge on any atom is -0.484 e. The lowest BCUT2D eigenvalue weighted by molar-refractivity contribution is -0.0515. The third-order valence-electron chi connectivity index (χ3n) is 3.91. The average Bonchev–Trinajstić information content (AvgIpc) is 3.33. The summed E-state index contributed by atoms with van der Waals surface area (Å²) >= 11 is 6.23. The Bertz CT molecular complexity index is 804. The zero-order valence-electron chi connectivity index (χ0n) is 13.3. The van der Waals surface area contributed by atoms with E-state index in [9.17, 15) is 4.39 Å². The maximum Gasteiger partial charge on any atom is 0.243 e. The van der Waals surface area contributed by atoms with Gasteiger partial charge < -0.3 is 18.9 Å². The Labute approximate surface area is 149 Å². The monoisotopic (exact) mass is 362 g/mol. The Hall–Kier alpha value is -2.40. The molecule has 4 nitrogen and oxygen atoms in total. The maximum atomic E-state index is 13.2. The molecule has 130 valence electrons. The van der Waals surface area contributed by atoms with Crippen LogP contribution in [0.3, 0.4) is 0 Å². The highest BCUT2D eigenvalue weighted by Crippen LogP contribution is 2.38. The van der Waals surface area contributed by atoms with Gasteiger partial charge in [-0.05, 0) is 37.1 Å². The Morgan fingerprint density at radius 1 is 1.12 bits per heavy atom. The molecule has 1 saturated carbocycles. The molecule has 1 unspecified atom stereocenters. The minimum atomic E-state index is -0.361. The van der Waals surface area contributed by atoms with Crippen LogP contribution in [-0.4, -0.2) is 12.9 Å². The van der Waals surface area contributed by atoms with Crippen molar-refractivity contribution in [2.24, 2.45) is 5.92 Å². The van der Waals surface area contributed by atoms with Crippen LogP contribution in [0.2, 0.25) is 5.02 Å². The summed E-state index contributed by atoms with van der Waals surface area (Å²) < 4.78 is 35.6. The van der Waals surface area contributed by atoms with Crippen molar-refractivity contribution in [3.05, 3.63) is 65.3 Å². The summed E-state index contributed by atoms with van der Waals surface area (Å²) in [5.41, 5.74) is 0. The van der Waals surface area contributed by atoms with E-state index in [0.717, 1.165) is 12.8 Å². The van der Waals surface area contributed by atoms with Crippen molar-refractivity contribution in [3.63, 3.8) is 0 Å². The molecule has 1 atom stereocenters. The van der Waals surface area contributed by atoms with Gasteiger partial charge in [-0.2, -0.15) is 0 Å². The van der Waals surface area contributed by atoms with Crippen molar-refractivity contribution >= 4 is 11.6 Å². The van der Waals surface area contributed by atoms with Crippen molar-refractivity contribution in [2.45, 2.75) is 19.1 Å². The van der Waals surface area contributed by atoms with Gasteiger partial charge in [-0.1, -0.05) is 17.7 Å². The van der Waals surface area contributed by atoms with E-state index < -0.39 is 0 Å². The summed E-state index contributed by atoms with van der Waals surface area (Å²) in [5, 5.41) is 0.396. The van der Waals surface area contributed by atoms with Crippen LogP contribution in [-0.2, 0) is 9.47 Å². The number of rotatable bonds is 6. The molecule has 0 saturated heterocycles. The lowest BCUT2D eigenvalue weighted by Gasteiger charge is -2.12. The second-order valence-corrected chi connectivity index (χ2v) is 6.39. The van der Waals surface area contributed by atoms with Crippen molar-refractivity contribution < 1.29 is 23.3 Å². The van der Waals surface area contributed by atoms with Gasteiger partial charge >= 0.3 is 0 Å². The second kappa shape index (κ2) is 6.84. The van der Waals surface area contributed by atoms with E-state index in [4.69, 9.17) is 30.5 Å². The van der Waals surface area contributed by atoms with Crippen LogP contribution in [0.4, 0.5) is 4.39 Å². The van der Waals surface area contributed by atoms with Gasteiger partial charge in [-0.15, -0.1) is 0 Å². The van der Waals surface area contributed by atoms with Crippen LogP contribution >= 0.6 is 11.6 Å². The maximum absolute atomic E-state index is 13.2. The quantitative estimate of drug-likeness (QED) is 0.701. The van der Waals surface area contributed by atoms with Gasteiger partial charge in [0, 0.05) is 18.1 Å². The number of hydrogen-bond donors (Lipinski definition) is 0. The molecule has 0 amide bonds. The lowest BCUT2D eigenvalue weighted by atomic mass is 10.3. The van der Waals surface area contributed by atoms with E-state index in [2.05, 4.69) is 0 Å². The van der Waals surface area contributed by atoms with E-state index in [1.807, 2.05) is 0 Å². The van der Waals surface area contributed by atoms with Gasteiger partial charge in [-0.25, -0.2) is 4.39 Å². The molecule has 25 heavy (non-hydrogen) atoms. The minimum absolute atomic E-state index is 0.170. The first-order valence-electron chi connectivity index (χ1n) is 8.04. The molecule has 0 aromatic heterocycles. The van der Waals surface area contributed by atoms with E-state index >= 15 is 0 Å². The fourth-order valence-corrected chi connectivity index (χ4v) is 2.69. The molecule has 1 heterocycles. The molecule has 1 aliphatic heterocycles. The van der Waals surface area contributed by atoms with Crippen LogP contribution < -0.4 is 9.47 Å². The first-order chi connectivity index (χ1) is 12.2. The topological polar surface area (TPSA) is 36.9 Å². The van der Waals surface area contributed by atoms with Gasteiger partial charge in [0.15, 0.2) is 5.76 Å². The van der Waals surface area contributed by atoms with Crippen LogP contribution in [0.25, 0.3) is 0 Å². The molecular weight excluding hydrogens is 347 g/mol. The summed E-state index contributed by atoms with van der Waals surface area (Å²) in [5.74, 6) is 2.19. The molecule has 0 N–H and O–H groups in total. The van der Waals surface area contributed by atoms with Gasteiger partial charge in [0.2, 0.25) is 6.29 Å². The summed E-state index contributed by atoms with van der Waals surface area (Å²) in [6.45, 7) is 0.243. The number of halogens is 2. The molecular formula is C19H16ClFO4. The van der Waals surface area contributed by atoms with Gasteiger partial charge in [0.05, 0.1) is 5.02 Å². The Morgan fingerprint density at radius 2 is 1.96 bits per heavy atom. The Balaban J connectivity index is 1.35. The molecule has 1 aliphatic carbocycles. The third kappa shape index (κ3) is 3.99. The summed E-state index contributed by atoms with van der Waals surface area (Å²) in [6, 6.07) is 10.9. The average molecular weight is 363 g/mol. The third-order valence-corrected chi connectivity index (χ3v) is 4.21. The highest BCUT2D eigenvalue weighted by Gasteiger charge is 2.37. The fraction of sp³-hybridized carbons (Fsp3) is 0.263. The lowest BCUT2D eigenvalue weighted by Crippen LogP contribution is -2.12. The molecule has 0 radical (unpaired) electrons. The zero-order valence-corrected chi connectivity index (χ0v) is 14.0. The predicted octanol–water partition coefficient (Wildman–Crippen LogP) is 5.27. The number of ether oxygens (including phenoxy) is 4. The molecule has 1 fully saturated rings. The Morgan fingerprint density at radius 3 is 2.72 bits per heavy atom. The van der Waals surface area contributed by atoms with Crippen LogP contribution in [0.15, 0.2) is 54.5 Å². The number of benzene rings is 2. The van der Waals surface area contributed by atoms with Gasteiger partial charge in [-0.3, -0.25) is 0 Å². The SMILES string of the molecule is Fc1cccc(Oc2ccc(OCC3=COC(C4CC4)O3)c(Cl)c2)c1. The number of hydrogen-bond acceptors (Lipinski definition) is 4. The predicted molar refractivity (Wildman–Crippen MR) is 90.2 cm³/mol. The zero-order chi connectivity index (χ0) is 17.2. The van der Waals surface area contributed by atoms with Crippen LogP contribution in [0.1, 0.15) is 12.8 Å². The smallest absolute Gasteiger partial charge is 0.243 e.